The van der Waals surface area contributed by atoms with Crippen molar-refractivity contribution in [1.82, 2.24) is 30.1 Å². The zero-order valence-corrected chi connectivity index (χ0v) is 26.1. The van der Waals surface area contributed by atoms with Gasteiger partial charge in [0, 0.05) is 65.3 Å². The highest BCUT2D eigenvalue weighted by Gasteiger charge is 2.29. The molecule has 2 saturated heterocycles. The molecule has 45 heavy (non-hydrogen) atoms. The van der Waals surface area contributed by atoms with Crippen LogP contribution >= 0.6 is 11.6 Å². The molecule has 3 aliphatic rings. The fraction of sp³-hybridized carbons (Fsp3) is 0.516. The van der Waals surface area contributed by atoms with E-state index in [0.717, 1.165) is 37.1 Å². The van der Waals surface area contributed by atoms with Crippen LogP contribution in [-0.4, -0.2) is 99.6 Å². The molecule has 1 atom stereocenters. The Kier molecular flexibility index (Phi) is 9.67. The van der Waals surface area contributed by atoms with Gasteiger partial charge in [0.25, 0.3) is 5.91 Å². The Morgan fingerprint density at radius 3 is 2.76 bits per heavy atom. The van der Waals surface area contributed by atoms with Crippen LogP contribution in [0.1, 0.15) is 53.6 Å². The van der Waals surface area contributed by atoms with Gasteiger partial charge < -0.3 is 34.7 Å². The number of hydrogen-bond acceptors (Lipinski definition) is 11. The van der Waals surface area contributed by atoms with E-state index in [-0.39, 0.29) is 36.7 Å². The number of nitrogens with zero attached hydrogens (tertiary/aromatic N) is 6. The van der Waals surface area contributed by atoms with Crippen molar-refractivity contribution in [3.05, 3.63) is 58.4 Å². The van der Waals surface area contributed by atoms with Crippen LogP contribution in [0.2, 0.25) is 5.02 Å². The average Bonchev–Trinajstić information content (AvgIpc) is 3.55. The van der Waals surface area contributed by atoms with Gasteiger partial charge in [0.2, 0.25) is 11.9 Å². The van der Waals surface area contributed by atoms with E-state index in [1.165, 1.54) is 12.8 Å². The van der Waals surface area contributed by atoms with E-state index < -0.39 is 6.10 Å². The molecule has 0 aliphatic carbocycles. The van der Waals surface area contributed by atoms with Crippen LogP contribution in [0.3, 0.4) is 0 Å². The smallest absolute Gasteiger partial charge is 0.270 e. The standard InChI is InChI=1S/C31H39ClN8O5/c1-20(41)40-15-22(16-40)35-28-11-26(36-31(37-28)39-8-3-2-4-9-39)30(43)34-12-23(42)17-38-10-7-25-21(14-38)5-6-27(29(25)32)44-18-24-13-33-19-45-24/h5-6,11,13,19,22-23,42H,2-4,7-10,12,14-18H2,1H3,(H,34,43)(H,35,36,37)/t23-/m0/s1. The fourth-order valence-corrected chi connectivity index (χ4v) is 6.27. The summed E-state index contributed by atoms with van der Waals surface area (Å²) in [5.74, 6) is 1.96. The molecule has 0 spiro atoms. The lowest BCUT2D eigenvalue weighted by molar-refractivity contribution is -0.132. The van der Waals surface area contributed by atoms with Crippen LogP contribution in [0.5, 0.6) is 5.75 Å². The number of anilines is 2. The molecule has 240 valence electrons. The maximum atomic E-state index is 13.2. The summed E-state index contributed by atoms with van der Waals surface area (Å²) < 4.78 is 11.1. The molecule has 14 heteroatoms. The third-order valence-corrected chi connectivity index (χ3v) is 8.88. The van der Waals surface area contributed by atoms with E-state index in [4.69, 9.17) is 25.7 Å². The lowest BCUT2D eigenvalue weighted by Crippen LogP contribution is -2.56. The Morgan fingerprint density at radius 2 is 2.00 bits per heavy atom. The number of aliphatic hydroxyl groups is 1. The quantitative estimate of drug-likeness (QED) is 0.284. The van der Waals surface area contributed by atoms with Gasteiger partial charge in [-0.2, -0.15) is 4.98 Å². The summed E-state index contributed by atoms with van der Waals surface area (Å²) >= 11 is 6.67. The van der Waals surface area contributed by atoms with Crippen molar-refractivity contribution in [2.45, 2.75) is 57.9 Å². The molecule has 6 rings (SSSR count). The number of benzene rings is 1. The number of likely N-dealkylation sites (tertiary alicyclic amines) is 1. The monoisotopic (exact) mass is 638 g/mol. The van der Waals surface area contributed by atoms with Gasteiger partial charge in [0.05, 0.1) is 23.4 Å². The fourth-order valence-electron chi connectivity index (χ4n) is 5.94. The van der Waals surface area contributed by atoms with E-state index in [1.54, 1.807) is 24.1 Å². The van der Waals surface area contributed by atoms with Crippen LogP contribution in [0, 0.1) is 0 Å². The Balaban J connectivity index is 1.03. The van der Waals surface area contributed by atoms with Gasteiger partial charge >= 0.3 is 0 Å². The predicted octanol–water partition coefficient (Wildman–Crippen LogP) is 2.48. The summed E-state index contributed by atoms with van der Waals surface area (Å²) in [5.41, 5.74) is 2.36. The molecule has 3 aromatic rings. The lowest BCUT2D eigenvalue weighted by atomic mass is 9.99. The lowest BCUT2D eigenvalue weighted by Gasteiger charge is -2.39. The second-order valence-electron chi connectivity index (χ2n) is 11.9. The minimum Gasteiger partial charge on any atom is -0.484 e. The Labute approximate surface area is 266 Å². The van der Waals surface area contributed by atoms with Crippen molar-refractivity contribution in [2.75, 3.05) is 56.0 Å². The van der Waals surface area contributed by atoms with Gasteiger partial charge in [0.15, 0.2) is 12.2 Å². The van der Waals surface area contributed by atoms with Crippen molar-refractivity contribution in [3.8, 4) is 5.75 Å². The molecule has 0 radical (unpaired) electrons. The molecule has 5 heterocycles. The summed E-state index contributed by atoms with van der Waals surface area (Å²) in [6, 6.07) is 5.56. The molecule has 2 fully saturated rings. The number of carbonyl (C=O) groups excluding carboxylic acids is 2. The van der Waals surface area contributed by atoms with Gasteiger partial charge in [0.1, 0.15) is 23.9 Å². The first-order chi connectivity index (χ1) is 21.8. The van der Waals surface area contributed by atoms with Gasteiger partial charge in [-0.1, -0.05) is 17.7 Å². The first kappa shape index (κ1) is 31.1. The molecule has 0 saturated carbocycles. The third kappa shape index (κ3) is 7.66. The summed E-state index contributed by atoms with van der Waals surface area (Å²) in [7, 11) is 0. The molecule has 3 aliphatic heterocycles. The molecule has 2 aromatic heterocycles. The molecular weight excluding hydrogens is 600 g/mol. The number of aromatic nitrogens is 3. The Bertz CT molecular complexity index is 1490. The topological polar surface area (TPSA) is 149 Å². The minimum atomic E-state index is -0.774. The van der Waals surface area contributed by atoms with E-state index in [1.807, 2.05) is 12.1 Å². The van der Waals surface area contributed by atoms with Crippen LogP contribution in [-0.2, 0) is 24.4 Å². The minimum absolute atomic E-state index is 0.0415. The SMILES string of the molecule is CC(=O)N1CC(Nc2cc(C(=O)NC[C@H](O)CN3CCc4c(ccc(OCc5cnco5)c4Cl)C3)nc(N3CCCCC3)n2)C1. The van der Waals surface area contributed by atoms with E-state index in [9.17, 15) is 14.7 Å². The van der Waals surface area contributed by atoms with Gasteiger partial charge in [-0.25, -0.2) is 9.97 Å². The highest BCUT2D eigenvalue weighted by atomic mass is 35.5. The van der Waals surface area contributed by atoms with E-state index in [2.05, 4.69) is 30.4 Å². The van der Waals surface area contributed by atoms with Crippen molar-refractivity contribution in [3.63, 3.8) is 0 Å². The molecule has 0 unspecified atom stereocenters. The van der Waals surface area contributed by atoms with Crippen LogP contribution in [0.25, 0.3) is 0 Å². The zero-order chi connectivity index (χ0) is 31.3. The maximum Gasteiger partial charge on any atom is 0.270 e. The van der Waals surface area contributed by atoms with Crippen molar-refractivity contribution < 1.29 is 23.8 Å². The second kappa shape index (κ2) is 14.0. The highest BCUT2D eigenvalue weighted by molar-refractivity contribution is 6.33. The number of aliphatic hydroxyl groups excluding tert-OH is 1. The molecule has 1 aromatic carbocycles. The number of ether oxygens (including phenoxy) is 1. The highest BCUT2D eigenvalue weighted by Crippen LogP contribution is 2.34. The number of piperidine rings is 1. The second-order valence-corrected chi connectivity index (χ2v) is 12.3. The molecule has 2 amide bonds. The van der Waals surface area contributed by atoms with Crippen molar-refractivity contribution in [1.29, 1.82) is 0 Å². The number of β-amino-alcohol motifs (C(OH)–C–C–N with tert-alkyl or cyclic N) is 1. The van der Waals surface area contributed by atoms with Crippen LogP contribution in [0.4, 0.5) is 11.8 Å². The number of halogens is 1. The van der Waals surface area contributed by atoms with E-state index >= 15 is 0 Å². The van der Waals surface area contributed by atoms with E-state index in [0.29, 0.717) is 67.4 Å². The first-order valence-corrected chi connectivity index (χ1v) is 15.9. The first-order valence-electron chi connectivity index (χ1n) is 15.5. The van der Waals surface area contributed by atoms with Crippen LogP contribution < -0.4 is 20.3 Å². The number of amides is 2. The number of nitrogens with one attached hydrogen (secondary N) is 2. The molecular formula is C31H39ClN8O5. The summed E-state index contributed by atoms with van der Waals surface area (Å²) in [6.07, 6.45) is 6.18. The number of hydrogen-bond donors (Lipinski definition) is 3. The van der Waals surface area contributed by atoms with Gasteiger partial charge in [-0.3, -0.25) is 14.5 Å². The van der Waals surface area contributed by atoms with Gasteiger partial charge in [-0.05, 0) is 42.9 Å². The van der Waals surface area contributed by atoms with Crippen LogP contribution in [0.15, 0.2) is 35.2 Å². The molecule has 3 N–H and O–H groups in total. The Hall–Kier alpha value is -3.94. The number of rotatable bonds is 11. The summed E-state index contributed by atoms with van der Waals surface area (Å²) in [5, 5.41) is 17.6. The predicted molar refractivity (Wildman–Crippen MR) is 167 cm³/mol. The van der Waals surface area contributed by atoms with Crippen molar-refractivity contribution >= 4 is 35.2 Å². The summed E-state index contributed by atoms with van der Waals surface area (Å²) in [4.78, 5) is 44.0. The van der Waals surface area contributed by atoms with Gasteiger partial charge in [-0.15, -0.1) is 0 Å². The number of oxazole rings is 1. The molecule has 0 bridgehead atoms. The number of carbonyl (C=O) groups is 2. The molecule has 13 nitrogen and oxygen atoms in total. The maximum absolute atomic E-state index is 13.2. The Morgan fingerprint density at radius 1 is 1.18 bits per heavy atom. The average molecular weight is 639 g/mol. The summed E-state index contributed by atoms with van der Waals surface area (Å²) in [6.45, 7) is 6.49. The zero-order valence-electron chi connectivity index (χ0n) is 25.4. The third-order valence-electron chi connectivity index (χ3n) is 8.46. The normalized spacial score (nSPS) is 17.8. The largest absolute Gasteiger partial charge is 0.484 e. The number of fused-ring (bicyclic) bond motifs is 1. The van der Waals surface area contributed by atoms with Crippen molar-refractivity contribution in [2.24, 2.45) is 0 Å².